The van der Waals surface area contributed by atoms with Crippen molar-refractivity contribution in [3.63, 3.8) is 0 Å². The van der Waals surface area contributed by atoms with Gasteiger partial charge in [-0.05, 0) is 18.6 Å². The zero-order valence-corrected chi connectivity index (χ0v) is 14.2. The smallest absolute Gasteiger partial charge is 0.0965 e. The summed E-state index contributed by atoms with van der Waals surface area (Å²) in [7, 11) is 0. The fourth-order valence-corrected chi connectivity index (χ4v) is 3.31. The van der Waals surface area contributed by atoms with Crippen LogP contribution in [0.2, 0.25) is 15.1 Å². The molecule has 0 radical (unpaired) electrons. The number of halogens is 3. The van der Waals surface area contributed by atoms with Crippen LogP contribution in [0.15, 0.2) is 23.7 Å². The van der Waals surface area contributed by atoms with Crippen molar-refractivity contribution in [2.75, 3.05) is 6.54 Å². The first-order chi connectivity index (χ1) is 9.50. The molecule has 0 saturated heterocycles. The SMILES string of the molecule is CC(CNC(C)c1ccc(Cl)c(Cl)c1Cl)c1nccs1. The molecule has 0 saturated carbocycles. The molecular formula is C14H15Cl3N2S. The lowest BCUT2D eigenvalue weighted by Crippen LogP contribution is -2.23. The molecule has 2 nitrogen and oxygen atoms in total. The van der Waals surface area contributed by atoms with E-state index in [9.17, 15) is 0 Å². The van der Waals surface area contributed by atoms with Gasteiger partial charge in [0.2, 0.25) is 0 Å². The Morgan fingerprint density at radius 2 is 1.95 bits per heavy atom. The van der Waals surface area contributed by atoms with Crippen LogP contribution in [0.5, 0.6) is 0 Å². The van der Waals surface area contributed by atoms with Crippen molar-refractivity contribution in [3.8, 4) is 0 Å². The van der Waals surface area contributed by atoms with E-state index in [1.165, 1.54) is 0 Å². The van der Waals surface area contributed by atoms with E-state index in [2.05, 4.69) is 24.1 Å². The molecule has 0 aliphatic carbocycles. The van der Waals surface area contributed by atoms with Gasteiger partial charge in [-0.25, -0.2) is 4.98 Å². The second-order valence-electron chi connectivity index (χ2n) is 4.67. The van der Waals surface area contributed by atoms with Crippen LogP contribution in [0.3, 0.4) is 0 Å². The van der Waals surface area contributed by atoms with E-state index in [0.29, 0.717) is 21.0 Å². The summed E-state index contributed by atoms with van der Waals surface area (Å²) < 4.78 is 0. The lowest BCUT2D eigenvalue weighted by molar-refractivity contribution is 0.536. The maximum Gasteiger partial charge on any atom is 0.0965 e. The topological polar surface area (TPSA) is 24.9 Å². The van der Waals surface area contributed by atoms with Crippen LogP contribution >= 0.6 is 46.1 Å². The fourth-order valence-electron chi connectivity index (χ4n) is 1.90. The van der Waals surface area contributed by atoms with Crippen molar-refractivity contribution in [1.82, 2.24) is 10.3 Å². The van der Waals surface area contributed by atoms with Gasteiger partial charge in [-0.1, -0.05) is 47.8 Å². The Bertz CT molecular complexity index is 572. The van der Waals surface area contributed by atoms with Gasteiger partial charge in [0, 0.05) is 30.1 Å². The zero-order chi connectivity index (χ0) is 14.7. The van der Waals surface area contributed by atoms with Crippen molar-refractivity contribution in [1.29, 1.82) is 0 Å². The minimum Gasteiger partial charge on any atom is -0.309 e. The molecule has 1 aromatic carbocycles. The Balaban J connectivity index is 2.02. The molecular weight excluding hydrogens is 335 g/mol. The maximum atomic E-state index is 6.24. The van der Waals surface area contributed by atoms with Crippen LogP contribution in [0.25, 0.3) is 0 Å². The third-order valence-corrected chi connectivity index (χ3v) is 5.45. The molecule has 0 bridgehead atoms. The number of hydrogen-bond donors (Lipinski definition) is 1. The van der Waals surface area contributed by atoms with Gasteiger partial charge in [0.1, 0.15) is 0 Å². The normalized spacial score (nSPS) is 14.2. The third-order valence-electron chi connectivity index (χ3n) is 3.13. The Labute approximate surface area is 138 Å². The summed E-state index contributed by atoms with van der Waals surface area (Å²) in [6, 6.07) is 3.77. The number of aromatic nitrogens is 1. The van der Waals surface area contributed by atoms with Crippen LogP contribution in [-0.4, -0.2) is 11.5 Å². The first-order valence-corrected chi connectivity index (χ1v) is 8.28. The quantitative estimate of drug-likeness (QED) is 0.715. The van der Waals surface area contributed by atoms with Gasteiger partial charge in [-0.15, -0.1) is 11.3 Å². The highest BCUT2D eigenvalue weighted by atomic mass is 35.5. The lowest BCUT2D eigenvalue weighted by atomic mass is 10.1. The van der Waals surface area contributed by atoms with Gasteiger partial charge in [-0.2, -0.15) is 0 Å². The van der Waals surface area contributed by atoms with Crippen LogP contribution in [0.1, 0.15) is 36.4 Å². The number of nitrogens with one attached hydrogen (secondary N) is 1. The standard InChI is InChI=1S/C14H15Cl3N2S/c1-8(14-18-5-6-20-14)7-19-9(2)10-3-4-11(15)13(17)12(10)16/h3-6,8-9,19H,7H2,1-2H3. The van der Waals surface area contributed by atoms with Gasteiger partial charge in [0.25, 0.3) is 0 Å². The number of benzene rings is 1. The molecule has 0 amide bonds. The second kappa shape index (κ2) is 7.10. The molecule has 2 unspecified atom stereocenters. The summed E-state index contributed by atoms with van der Waals surface area (Å²) in [5.41, 5.74) is 0.951. The first kappa shape index (κ1) is 16.1. The van der Waals surface area contributed by atoms with Crippen LogP contribution in [0.4, 0.5) is 0 Å². The van der Waals surface area contributed by atoms with Crippen molar-refractivity contribution < 1.29 is 0 Å². The molecule has 0 aliphatic heterocycles. The van der Waals surface area contributed by atoms with Crippen molar-refractivity contribution in [2.45, 2.75) is 25.8 Å². The molecule has 0 aliphatic rings. The van der Waals surface area contributed by atoms with Crippen LogP contribution in [-0.2, 0) is 0 Å². The maximum absolute atomic E-state index is 6.24. The van der Waals surface area contributed by atoms with E-state index < -0.39 is 0 Å². The first-order valence-electron chi connectivity index (χ1n) is 6.27. The molecule has 20 heavy (non-hydrogen) atoms. The molecule has 2 rings (SSSR count). The predicted molar refractivity (Wildman–Crippen MR) is 88.4 cm³/mol. The van der Waals surface area contributed by atoms with Crippen molar-refractivity contribution in [2.24, 2.45) is 0 Å². The van der Waals surface area contributed by atoms with Gasteiger partial charge in [0.05, 0.1) is 20.1 Å². The predicted octanol–water partition coefficient (Wildman–Crippen LogP) is 5.56. The van der Waals surface area contributed by atoms with E-state index in [4.69, 9.17) is 34.8 Å². The van der Waals surface area contributed by atoms with E-state index in [-0.39, 0.29) is 6.04 Å². The Morgan fingerprint density at radius 1 is 1.20 bits per heavy atom. The highest BCUT2D eigenvalue weighted by molar-refractivity contribution is 7.09. The zero-order valence-electron chi connectivity index (χ0n) is 11.2. The van der Waals surface area contributed by atoms with Gasteiger partial charge < -0.3 is 5.32 Å². The summed E-state index contributed by atoms with van der Waals surface area (Å²) in [6.45, 7) is 5.03. The Kier molecular flexibility index (Phi) is 5.70. The molecule has 1 heterocycles. The van der Waals surface area contributed by atoms with Crippen LogP contribution < -0.4 is 5.32 Å². The summed E-state index contributed by atoms with van der Waals surface area (Å²) in [5.74, 6) is 0.360. The Morgan fingerprint density at radius 3 is 2.60 bits per heavy atom. The molecule has 2 atom stereocenters. The van der Waals surface area contributed by atoms with E-state index in [1.54, 1.807) is 17.4 Å². The van der Waals surface area contributed by atoms with Gasteiger partial charge >= 0.3 is 0 Å². The highest BCUT2D eigenvalue weighted by Crippen LogP contribution is 2.35. The second-order valence-corrected chi connectivity index (χ2v) is 6.76. The molecule has 108 valence electrons. The minimum atomic E-state index is 0.0969. The molecule has 1 N–H and O–H groups in total. The number of nitrogens with zero attached hydrogens (tertiary/aromatic N) is 1. The summed E-state index contributed by atoms with van der Waals surface area (Å²) in [4.78, 5) is 4.32. The average Bonchev–Trinajstić information content (AvgIpc) is 2.96. The summed E-state index contributed by atoms with van der Waals surface area (Å²) in [5, 5.41) is 7.98. The summed E-state index contributed by atoms with van der Waals surface area (Å²) in [6.07, 6.45) is 1.83. The molecule has 0 fully saturated rings. The highest BCUT2D eigenvalue weighted by Gasteiger charge is 2.16. The number of hydrogen-bond acceptors (Lipinski definition) is 3. The van der Waals surface area contributed by atoms with Gasteiger partial charge in [0.15, 0.2) is 0 Å². The van der Waals surface area contributed by atoms with Gasteiger partial charge in [-0.3, -0.25) is 0 Å². The fraction of sp³-hybridized carbons (Fsp3) is 0.357. The summed E-state index contributed by atoms with van der Waals surface area (Å²) >= 11 is 19.9. The van der Waals surface area contributed by atoms with Crippen molar-refractivity contribution in [3.05, 3.63) is 49.3 Å². The number of thiazole rings is 1. The minimum absolute atomic E-state index is 0.0969. The Hall–Kier alpha value is -0.320. The number of rotatable bonds is 5. The van der Waals surface area contributed by atoms with Crippen molar-refractivity contribution >= 4 is 46.1 Å². The molecule has 2 aromatic rings. The molecule has 0 spiro atoms. The largest absolute Gasteiger partial charge is 0.309 e. The van der Waals surface area contributed by atoms with Crippen LogP contribution in [0, 0.1) is 0 Å². The van der Waals surface area contributed by atoms with E-state index in [1.807, 2.05) is 17.6 Å². The molecule has 1 aromatic heterocycles. The lowest BCUT2D eigenvalue weighted by Gasteiger charge is -2.19. The average molecular weight is 350 g/mol. The monoisotopic (exact) mass is 348 g/mol. The van der Waals surface area contributed by atoms with E-state index in [0.717, 1.165) is 17.1 Å². The molecule has 6 heteroatoms. The van der Waals surface area contributed by atoms with E-state index >= 15 is 0 Å². The third kappa shape index (κ3) is 3.66.